The largest absolute Gasteiger partial charge is 0.805 e. The lowest BCUT2D eigenvalue weighted by Gasteiger charge is -2.13. The number of hydrogen-bond acceptors (Lipinski definition) is 3. The minimum atomic E-state index is -2.26. The van der Waals surface area contributed by atoms with Crippen molar-refractivity contribution in [2.45, 2.75) is 77.0 Å². The molecule has 2 aliphatic rings. The maximum absolute atomic E-state index is 12.3. The first-order chi connectivity index (χ1) is 15.7. The fourth-order valence-electron chi connectivity index (χ4n) is 4.51. The van der Waals surface area contributed by atoms with Crippen molar-refractivity contribution in [3.63, 3.8) is 0 Å². The van der Waals surface area contributed by atoms with E-state index in [0.29, 0.717) is 11.5 Å². The summed E-state index contributed by atoms with van der Waals surface area (Å²) in [5.74, 6) is 1.13. The van der Waals surface area contributed by atoms with Crippen LogP contribution >= 0.6 is 8.25 Å². The van der Waals surface area contributed by atoms with Crippen LogP contribution in [-0.4, -0.2) is 0 Å². The fourth-order valence-corrected chi connectivity index (χ4v) is 5.13. The molecule has 0 atom stereocenters. The summed E-state index contributed by atoms with van der Waals surface area (Å²) >= 11 is 0. The molecule has 0 N–H and O–H groups in total. The van der Waals surface area contributed by atoms with E-state index < -0.39 is 8.25 Å². The van der Waals surface area contributed by atoms with Crippen LogP contribution in [0.2, 0.25) is 0 Å². The molecular formula is C28H34O3P+. The second-order valence-electron chi connectivity index (χ2n) is 8.95. The predicted molar refractivity (Wildman–Crippen MR) is 131 cm³/mol. The highest BCUT2D eigenvalue weighted by Gasteiger charge is 2.24. The zero-order chi connectivity index (χ0) is 22.0. The van der Waals surface area contributed by atoms with E-state index in [0.717, 1.165) is 12.8 Å². The summed E-state index contributed by atoms with van der Waals surface area (Å²) in [6.07, 6.45) is 19.7. The van der Waals surface area contributed by atoms with Crippen LogP contribution in [0.25, 0.3) is 0 Å². The van der Waals surface area contributed by atoms with Gasteiger partial charge in [-0.3, -0.25) is 0 Å². The molecule has 0 amide bonds. The Morgan fingerprint density at radius 1 is 0.594 bits per heavy atom. The number of allylic oxidation sites excluding steroid dienone is 4. The Bertz CT molecular complexity index is 848. The Hall–Kier alpha value is -2.38. The van der Waals surface area contributed by atoms with E-state index in [-0.39, 0.29) is 0 Å². The van der Waals surface area contributed by atoms with E-state index in [2.05, 4.69) is 12.2 Å². The lowest BCUT2D eigenvalue weighted by molar-refractivity contribution is 0.415. The zero-order valence-corrected chi connectivity index (χ0v) is 19.8. The van der Waals surface area contributed by atoms with Crippen molar-refractivity contribution in [1.29, 1.82) is 0 Å². The Morgan fingerprint density at radius 2 is 0.969 bits per heavy atom. The molecule has 2 fully saturated rings. The van der Waals surface area contributed by atoms with E-state index >= 15 is 0 Å². The van der Waals surface area contributed by atoms with Crippen molar-refractivity contribution in [3.05, 3.63) is 83.0 Å². The van der Waals surface area contributed by atoms with Crippen LogP contribution in [0.5, 0.6) is 11.5 Å². The second-order valence-corrected chi connectivity index (χ2v) is 9.76. The van der Waals surface area contributed by atoms with Gasteiger partial charge >= 0.3 is 8.25 Å². The molecule has 0 heterocycles. The number of hydrogen-bond donors (Lipinski definition) is 0. The molecule has 0 bridgehead atoms. The summed E-state index contributed by atoms with van der Waals surface area (Å²) in [5, 5.41) is 0. The minimum absolute atomic E-state index is 0.566. The molecular weight excluding hydrogens is 415 g/mol. The SMILES string of the molecule is O=[P+](Oc1ccc(CC=C2CCCCC2)cc1)Oc1ccc(CC=C2CCCCC2)cc1. The smallest absolute Gasteiger partial charge is 0.222 e. The molecule has 2 aromatic rings. The molecule has 0 unspecified atom stereocenters. The van der Waals surface area contributed by atoms with E-state index in [1.54, 1.807) is 11.1 Å². The van der Waals surface area contributed by atoms with Gasteiger partial charge in [0.1, 0.15) is 0 Å². The van der Waals surface area contributed by atoms with Gasteiger partial charge in [0.25, 0.3) is 0 Å². The zero-order valence-electron chi connectivity index (χ0n) is 18.9. The van der Waals surface area contributed by atoms with Gasteiger partial charge in [-0.1, -0.05) is 60.4 Å². The van der Waals surface area contributed by atoms with Crippen LogP contribution in [0, 0.1) is 0 Å². The van der Waals surface area contributed by atoms with Gasteiger partial charge in [-0.05, 0) is 99.6 Å². The van der Waals surface area contributed by atoms with Gasteiger partial charge in [0, 0.05) is 4.57 Å². The monoisotopic (exact) mass is 449 g/mol. The second kappa shape index (κ2) is 12.0. The van der Waals surface area contributed by atoms with Gasteiger partial charge in [-0.15, -0.1) is 0 Å². The molecule has 0 saturated heterocycles. The number of rotatable bonds is 8. The molecule has 0 radical (unpaired) electrons. The summed E-state index contributed by atoms with van der Waals surface area (Å²) < 4.78 is 23.3. The predicted octanol–water partition coefficient (Wildman–Crippen LogP) is 8.67. The summed E-state index contributed by atoms with van der Waals surface area (Å²) in [6, 6.07) is 15.6. The molecule has 3 nitrogen and oxygen atoms in total. The lowest BCUT2D eigenvalue weighted by Crippen LogP contribution is -1.95. The Labute approximate surface area is 193 Å². The molecule has 0 spiro atoms. The van der Waals surface area contributed by atoms with E-state index in [4.69, 9.17) is 9.05 Å². The van der Waals surface area contributed by atoms with Crippen LogP contribution in [0.3, 0.4) is 0 Å². The van der Waals surface area contributed by atoms with Crippen molar-refractivity contribution in [3.8, 4) is 11.5 Å². The van der Waals surface area contributed by atoms with E-state index in [9.17, 15) is 4.57 Å². The fraction of sp³-hybridized carbons (Fsp3) is 0.429. The van der Waals surface area contributed by atoms with Gasteiger partial charge in [0.2, 0.25) is 0 Å². The summed E-state index contributed by atoms with van der Waals surface area (Å²) in [4.78, 5) is 0. The van der Waals surface area contributed by atoms with E-state index in [1.165, 1.54) is 75.3 Å². The maximum Gasteiger partial charge on any atom is 0.805 e. The summed E-state index contributed by atoms with van der Waals surface area (Å²) in [5.41, 5.74) is 5.66. The van der Waals surface area contributed by atoms with Gasteiger partial charge in [0.05, 0.1) is 0 Å². The average Bonchev–Trinajstić information content (AvgIpc) is 2.84. The van der Waals surface area contributed by atoms with Gasteiger partial charge in [-0.2, -0.15) is 0 Å². The highest BCUT2D eigenvalue weighted by Crippen LogP contribution is 2.31. The van der Waals surface area contributed by atoms with Crippen LogP contribution < -0.4 is 9.05 Å². The van der Waals surface area contributed by atoms with Gasteiger partial charge in [0.15, 0.2) is 11.5 Å². The summed E-state index contributed by atoms with van der Waals surface area (Å²) in [6.45, 7) is 0. The quantitative estimate of drug-likeness (QED) is 0.299. The molecule has 0 aromatic heterocycles. The standard InChI is InChI=1S/C28H34O3P/c29-32(30-27-19-15-25(16-20-27)13-11-23-7-3-1-4-8-23)31-28-21-17-26(18-22-28)14-12-24-9-5-2-6-10-24/h11-12,15-22H,1-10,13-14H2/q+1. The minimum Gasteiger partial charge on any atom is -0.222 e. The molecule has 2 aliphatic carbocycles. The molecule has 2 aromatic carbocycles. The third kappa shape index (κ3) is 7.35. The molecule has 2 saturated carbocycles. The summed E-state index contributed by atoms with van der Waals surface area (Å²) in [7, 11) is -2.26. The first kappa shape index (κ1) is 22.8. The van der Waals surface area contributed by atoms with Crippen molar-refractivity contribution in [1.82, 2.24) is 0 Å². The Balaban J connectivity index is 1.23. The molecule has 4 heteroatoms. The Morgan fingerprint density at radius 3 is 1.34 bits per heavy atom. The highest BCUT2D eigenvalue weighted by atomic mass is 31.1. The first-order valence-electron chi connectivity index (χ1n) is 12.1. The van der Waals surface area contributed by atoms with Crippen LogP contribution in [0.15, 0.2) is 71.8 Å². The third-order valence-corrected chi connectivity index (χ3v) is 7.17. The van der Waals surface area contributed by atoms with Crippen molar-refractivity contribution < 1.29 is 13.6 Å². The normalized spacial score (nSPS) is 16.4. The van der Waals surface area contributed by atoms with Gasteiger partial charge < -0.3 is 0 Å². The topological polar surface area (TPSA) is 35.5 Å². The van der Waals surface area contributed by atoms with Gasteiger partial charge in [-0.25, -0.2) is 9.05 Å². The molecule has 0 aliphatic heterocycles. The van der Waals surface area contributed by atoms with Crippen LogP contribution in [0.4, 0.5) is 0 Å². The maximum atomic E-state index is 12.3. The third-order valence-electron chi connectivity index (χ3n) is 6.45. The molecule has 4 rings (SSSR count). The van der Waals surface area contributed by atoms with Crippen molar-refractivity contribution in [2.24, 2.45) is 0 Å². The van der Waals surface area contributed by atoms with Crippen LogP contribution in [0.1, 0.15) is 75.3 Å². The molecule has 32 heavy (non-hydrogen) atoms. The van der Waals surface area contributed by atoms with Crippen molar-refractivity contribution in [2.75, 3.05) is 0 Å². The van der Waals surface area contributed by atoms with Crippen LogP contribution in [-0.2, 0) is 17.4 Å². The number of benzene rings is 2. The molecule has 168 valence electrons. The average molecular weight is 450 g/mol. The highest BCUT2D eigenvalue weighted by molar-refractivity contribution is 7.34. The van der Waals surface area contributed by atoms with E-state index in [1.807, 2.05) is 48.5 Å². The first-order valence-corrected chi connectivity index (χ1v) is 13.2. The lowest BCUT2D eigenvalue weighted by atomic mass is 9.93. The van der Waals surface area contributed by atoms with Crippen molar-refractivity contribution >= 4 is 8.25 Å². The Kier molecular flexibility index (Phi) is 8.56.